The first kappa shape index (κ1) is 15.5. The number of hydrogen-bond donors (Lipinski definition) is 1. The van der Waals surface area contributed by atoms with Gasteiger partial charge < -0.3 is 5.32 Å². The second-order valence-corrected chi connectivity index (χ2v) is 6.09. The van der Waals surface area contributed by atoms with Crippen LogP contribution >= 0.6 is 12.4 Å². The average Bonchev–Trinajstić information content (AvgIpc) is 2.72. The van der Waals surface area contributed by atoms with Gasteiger partial charge in [0.05, 0.1) is 6.04 Å². The third-order valence-corrected chi connectivity index (χ3v) is 4.88. The van der Waals surface area contributed by atoms with Crippen molar-refractivity contribution in [1.82, 2.24) is 10.2 Å². The van der Waals surface area contributed by atoms with E-state index in [0.717, 1.165) is 39.0 Å². The predicted octanol–water partition coefficient (Wildman–Crippen LogP) is 3.20. The zero-order chi connectivity index (χ0) is 14.1. The lowest BCUT2D eigenvalue weighted by molar-refractivity contribution is 0.198. The highest BCUT2D eigenvalue weighted by molar-refractivity contribution is 5.85. The van der Waals surface area contributed by atoms with Crippen LogP contribution in [0.25, 0.3) is 0 Å². The normalized spacial score (nSPS) is 18.7. The van der Waals surface area contributed by atoms with E-state index in [2.05, 4.69) is 58.7 Å². The fraction of sp³-hybridized carbons (Fsp3) is 0.368. The van der Waals surface area contributed by atoms with Gasteiger partial charge in [0.15, 0.2) is 0 Å². The number of hydrogen-bond acceptors (Lipinski definition) is 2. The minimum absolute atomic E-state index is 0. The molecule has 2 aromatic rings. The van der Waals surface area contributed by atoms with Gasteiger partial charge in [-0.3, -0.25) is 4.90 Å². The fourth-order valence-corrected chi connectivity index (χ4v) is 3.83. The molecule has 2 aromatic carbocycles. The quantitative estimate of drug-likeness (QED) is 0.869. The summed E-state index contributed by atoms with van der Waals surface area (Å²) < 4.78 is 0. The van der Waals surface area contributed by atoms with Crippen LogP contribution in [-0.2, 0) is 12.8 Å². The number of aryl methyl sites for hydroxylation is 2. The molecule has 2 aliphatic rings. The van der Waals surface area contributed by atoms with E-state index in [1.807, 2.05) is 0 Å². The van der Waals surface area contributed by atoms with E-state index in [0.29, 0.717) is 6.04 Å². The fourth-order valence-electron chi connectivity index (χ4n) is 3.83. The number of piperazine rings is 1. The summed E-state index contributed by atoms with van der Waals surface area (Å²) in [5.41, 5.74) is 6.09. The molecule has 0 amide bonds. The summed E-state index contributed by atoms with van der Waals surface area (Å²) >= 11 is 0. The molecule has 1 aliphatic carbocycles. The standard InChI is InChI=1S/C19H22N2.ClH/c1-3-7-17-15(5-1)9-10-16-6-2-4-8-18(16)19(17)21-13-11-20-12-14-21;/h1-8,19-20H,9-14H2;1H. The minimum atomic E-state index is 0. The molecule has 0 bridgehead atoms. The molecule has 0 saturated carbocycles. The molecule has 1 saturated heterocycles. The highest BCUT2D eigenvalue weighted by Gasteiger charge is 2.28. The molecule has 22 heavy (non-hydrogen) atoms. The van der Waals surface area contributed by atoms with E-state index in [4.69, 9.17) is 0 Å². The van der Waals surface area contributed by atoms with Crippen LogP contribution in [0.15, 0.2) is 48.5 Å². The van der Waals surface area contributed by atoms with Gasteiger partial charge >= 0.3 is 0 Å². The summed E-state index contributed by atoms with van der Waals surface area (Å²) in [4.78, 5) is 2.65. The van der Waals surface area contributed by atoms with Crippen molar-refractivity contribution in [3.63, 3.8) is 0 Å². The van der Waals surface area contributed by atoms with Crippen molar-refractivity contribution < 1.29 is 0 Å². The van der Waals surface area contributed by atoms with Crippen molar-refractivity contribution in [3.8, 4) is 0 Å². The second kappa shape index (κ2) is 6.82. The Morgan fingerprint density at radius 1 is 0.773 bits per heavy atom. The lowest BCUT2D eigenvalue weighted by Gasteiger charge is -2.36. The smallest absolute Gasteiger partial charge is 0.0608 e. The highest BCUT2D eigenvalue weighted by Crippen LogP contribution is 2.36. The summed E-state index contributed by atoms with van der Waals surface area (Å²) in [7, 11) is 0. The van der Waals surface area contributed by atoms with Gasteiger partial charge in [-0.25, -0.2) is 0 Å². The van der Waals surface area contributed by atoms with Gasteiger partial charge in [-0.1, -0.05) is 48.5 Å². The van der Waals surface area contributed by atoms with Gasteiger partial charge in [0.2, 0.25) is 0 Å². The summed E-state index contributed by atoms with van der Waals surface area (Å²) in [5, 5.41) is 3.48. The maximum Gasteiger partial charge on any atom is 0.0608 e. The van der Waals surface area contributed by atoms with Gasteiger partial charge in [-0.15, -0.1) is 12.4 Å². The first-order valence-corrected chi connectivity index (χ1v) is 8.04. The van der Waals surface area contributed by atoms with Crippen LogP contribution in [-0.4, -0.2) is 31.1 Å². The molecule has 1 fully saturated rings. The van der Waals surface area contributed by atoms with E-state index in [1.165, 1.54) is 22.3 Å². The molecule has 116 valence electrons. The first-order chi connectivity index (χ1) is 10.4. The molecule has 1 N–H and O–H groups in total. The molecule has 0 spiro atoms. The van der Waals surface area contributed by atoms with Crippen molar-refractivity contribution in [2.24, 2.45) is 0 Å². The Kier molecular flexibility index (Phi) is 4.82. The van der Waals surface area contributed by atoms with Gasteiger partial charge in [-0.2, -0.15) is 0 Å². The van der Waals surface area contributed by atoms with E-state index < -0.39 is 0 Å². The molecule has 1 heterocycles. The maximum absolute atomic E-state index is 3.48. The topological polar surface area (TPSA) is 15.3 Å². The molecule has 0 aromatic heterocycles. The molecular weight excluding hydrogens is 292 g/mol. The van der Waals surface area contributed by atoms with E-state index >= 15 is 0 Å². The molecule has 0 unspecified atom stereocenters. The van der Waals surface area contributed by atoms with Crippen molar-refractivity contribution >= 4 is 12.4 Å². The number of benzene rings is 2. The predicted molar refractivity (Wildman–Crippen MR) is 93.8 cm³/mol. The Morgan fingerprint density at radius 2 is 1.27 bits per heavy atom. The third kappa shape index (κ3) is 2.79. The molecule has 2 nitrogen and oxygen atoms in total. The summed E-state index contributed by atoms with van der Waals surface area (Å²) in [6, 6.07) is 18.5. The lowest BCUT2D eigenvalue weighted by Crippen LogP contribution is -2.45. The maximum atomic E-state index is 3.48. The Labute approximate surface area is 138 Å². The molecule has 0 atom stereocenters. The summed E-state index contributed by atoms with van der Waals surface area (Å²) in [5.74, 6) is 0. The van der Waals surface area contributed by atoms with Crippen LogP contribution < -0.4 is 5.32 Å². The third-order valence-electron chi connectivity index (χ3n) is 4.88. The van der Waals surface area contributed by atoms with E-state index in [9.17, 15) is 0 Å². The molecule has 3 heteroatoms. The molecule has 1 aliphatic heterocycles. The van der Waals surface area contributed by atoms with Crippen LogP contribution in [0.3, 0.4) is 0 Å². The van der Waals surface area contributed by atoms with E-state index in [1.54, 1.807) is 0 Å². The van der Waals surface area contributed by atoms with Crippen molar-refractivity contribution in [3.05, 3.63) is 70.8 Å². The average molecular weight is 315 g/mol. The zero-order valence-corrected chi connectivity index (χ0v) is 13.6. The second-order valence-electron chi connectivity index (χ2n) is 6.09. The minimum Gasteiger partial charge on any atom is -0.314 e. The van der Waals surface area contributed by atoms with Crippen LogP contribution in [0, 0.1) is 0 Å². The van der Waals surface area contributed by atoms with Crippen molar-refractivity contribution in [2.45, 2.75) is 18.9 Å². The highest BCUT2D eigenvalue weighted by atomic mass is 35.5. The van der Waals surface area contributed by atoms with Crippen LogP contribution in [0.4, 0.5) is 0 Å². The Morgan fingerprint density at radius 3 is 1.82 bits per heavy atom. The Hall–Kier alpha value is -1.35. The number of halogens is 1. The van der Waals surface area contributed by atoms with Gasteiger partial charge in [0.1, 0.15) is 0 Å². The number of fused-ring (bicyclic) bond motifs is 2. The summed E-state index contributed by atoms with van der Waals surface area (Å²) in [6.07, 6.45) is 2.32. The Balaban J connectivity index is 0.00000144. The van der Waals surface area contributed by atoms with Crippen LogP contribution in [0.2, 0.25) is 0 Å². The number of rotatable bonds is 1. The molecule has 0 radical (unpaired) electrons. The first-order valence-electron chi connectivity index (χ1n) is 8.04. The monoisotopic (exact) mass is 314 g/mol. The SMILES string of the molecule is Cl.c1ccc2c(c1)CCc1ccccc1C2N1CCNCC1. The lowest BCUT2D eigenvalue weighted by atomic mass is 9.93. The zero-order valence-electron chi connectivity index (χ0n) is 12.8. The summed E-state index contributed by atoms with van der Waals surface area (Å²) in [6.45, 7) is 4.46. The van der Waals surface area contributed by atoms with Crippen LogP contribution in [0.1, 0.15) is 28.3 Å². The molecule has 4 rings (SSSR count). The van der Waals surface area contributed by atoms with Crippen LogP contribution in [0.5, 0.6) is 0 Å². The van der Waals surface area contributed by atoms with E-state index in [-0.39, 0.29) is 12.4 Å². The number of nitrogens with zero attached hydrogens (tertiary/aromatic N) is 1. The largest absolute Gasteiger partial charge is 0.314 e. The van der Waals surface area contributed by atoms with Crippen molar-refractivity contribution in [2.75, 3.05) is 26.2 Å². The number of nitrogens with one attached hydrogen (secondary N) is 1. The van der Waals surface area contributed by atoms with Gasteiger partial charge in [0, 0.05) is 26.2 Å². The Bertz CT molecular complexity index is 587. The molecular formula is C19H23ClN2. The van der Waals surface area contributed by atoms with Gasteiger partial charge in [-0.05, 0) is 35.1 Å². The van der Waals surface area contributed by atoms with Gasteiger partial charge in [0.25, 0.3) is 0 Å². The van der Waals surface area contributed by atoms with Crippen molar-refractivity contribution in [1.29, 1.82) is 0 Å².